The fourth-order valence-corrected chi connectivity index (χ4v) is 2.33. The van der Waals surface area contributed by atoms with Crippen molar-refractivity contribution in [3.05, 3.63) is 28.2 Å². The average Bonchev–Trinajstić information content (AvgIpc) is 2.30. The smallest absolute Gasteiger partial charge is 0.151 e. The summed E-state index contributed by atoms with van der Waals surface area (Å²) in [6.07, 6.45) is 0.873. The molecule has 1 heterocycles. The highest BCUT2D eigenvalue weighted by atomic mass is 79.9. The van der Waals surface area contributed by atoms with E-state index in [1.165, 1.54) is 5.69 Å². The van der Waals surface area contributed by atoms with Crippen LogP contribution in [-0.4, -0.2) is 44.4 Å². The van der Waals surface area contributed by atoms with Crippen LogP contribution in [-0.2, 0) is 0 Å². The average molecular weight is 283 g/mol. The molecule has 86 valence electrons. The van der Waals surface area contributed by atoms with Crippen LogP contribution in [0, 0.1) is 0 Å². The maximum atomic E-state index is 10.7. The van der Waals surface area contributed by atoms with Crippen LogP contribution >= 0.6 is 15.9 Å². The van der Waals surface area contributed by atoms with Crippen LogP contribution < -0.4 is 4.90 Å². The molecule has 0 amide bonds. The number of hydrogen-bond acceptors (Lipinski definition) is 3. The van der Waals surface area contributed by atoms with Crippen molar-refractivity contribution < 1.29 is 4.79 Å². The third-order valence-corrected chi connectivity index (χ3v) is 3.67. The minimum atomic E-state index is 0.706. The molecule has 16 heavy (non-hydrogen) atoms. The van der Waals surface area contributed by atoms with Crippen LogP contribution in [0.5, 0.6) is 0 Å². The summed E-state index contributed by atoms with van der Waals surface area (Å²) in [4.78, 5) is 15.4. The van der Waals surface area contributed by atoms with Crippen molar-refractivity contribution in [1.82, 2.24) is 4.90 Å². The Bertz CT molecular complexity index is 387. The van der Waals surface area contributed by atoms with Gasteiger partial charge in [0.05, 0.1) is 0 Å². The fraction of sp³-hybridized carbons (Fsp3) is 0.417. The molecule has 1 aliphatic heterocycles. The molecule has 0 atom stereocenters. The molecule has 1 aromatic rings. The Morgan fingerprint density at radius 1 is 1.25 bits per heavy atom. The first-order chi connectivity index (χ1) is 7.70. The number of halogens is 1. The lowest BCUT2D eigenvalue weighted by Crippen LogP contribution is -2.44. The maximum Gasteiger partial charge on any atom is 0.151 e. The van der Waals surface area contributed by atoms with Crippen molar-refractivity contribution in [1.29, 1.82) is 0 Å². The molecule has 0 aromatic heterocycles. The monoisotopic (exact) mass is 282 g/mol. The number of likely N-dealkylation sites (N-methyl/N-ethyl adjacent to an activating group) is 1. The summed E-state index contributed by atoms with van der Waals surface area (Å²) in [6.45, 7) is 4.27. The molecule has 1 fully saturated rings. The van der Waals surface area contributed by atoms with Gasteiger partial charge in [0, 0.05) is 41.9 Å². The molecular formula is C12H15BrN2O. The van der Waals surface area contributed by atoms with Crippen molar-refractivity contribution >= 4 is 27.9 Å². The third-order valence-electron chi connectivity index (χ3n) is 2.98. The van der Waals surface area contributed by atoms with Gasteiger partial charge in [-0.2, -0.15) is 0 Å². The van der Waals surface area contributed by atoms with Crippen LogP contribution in [0.15, 0.2) is 22.7 Å². The van der Waals surface area contributed by atoms with Crippen LogP contribution in [0.3, 0.4) is 0 Å². The molecule has 2 rings (SSSR count). The predicted octanol–water partition coefficient (Wildman–Crippen LogP) is 2.01. The summed E-state index contributed by atoms with van der Waals surface area (Å²) in [5, 5.41) is 0. The molecule has 4 heteroatoms. The highest BCUT2D eigenvalue weighted by Crippen LogP contribution is 2.23. The van der Waals surface area contributed by atoms with E-state index in [0.29, 0.717) is 5.56 Å². The first-order valence-electron chi connectivity index (χ1n) is 5.39. The lowest BCUT2D eigenvalue weighted by molar-refractivity contribution is 0.112. The first kappa shape index (κ1) is 11.6. The largest absolute Gasteiger partial charge is 0.369 e. The molecule has 3 nitrogen and oxygen atoms in total. The predicted molar refractivity (Wildman–Crippen MR) is 69.2 cm³/mol. The summed E-state index contributed by atoms with van der Waals surface area (Å²) in [5.74, 6) is 0. The van der Waals surface area contributed by atoms with Gasteiger partial charge in [0.1, 0.15) is 0 Å². The van der Waals surface area contributed by atoms with Gasteiger partial charge < -0.3 is 9.80 Å². The van der Waals surface area contributed by atoms with Crippen LogP contribution in [0.2, 0.25) is 0 Å². The number of piperazine rings is 1. The Morgan fingerprint density at radius 3 is 2.50 bits per heavy atom. The van der Waals surface area contributed by atoms with Crippen LogP contribution in [0.4, 0.5) is 5.69 Å². The van der Waals surface area contributed by atoms with E-state index in [1.54, 1.807) is 0 Å². The molecule has 1 aliphatic rings. The normalized spacial score (nSPS) is 17.5. The molecule has 0 unspecified atom stereocenters. The second-order valence-corrected chi connectivity index (χ2v) is 4.97. The van der Waals surface area contributed by atoms with Gasteiger partial charge >= 0.3 is 0 Å². The zero-order valence-corrected chi connectivity index (χ0v) is 10.9. The molecule has 0 aliphatic carbocycles. The summed E-state index contributed by atoms with van der Waals surface area (Å²) < 4.78 is 0.874. The summed E-state index contributed by atoms with van der Waals surface area (Å²) in [5.41, 5.74) is 1.89. The Morgan fingerprint density at radius 2 is 1.94 bits per heavy atom. The van der Waals surface area contributed by atoms with Gasteiger partial charge in [0.25, 0.3) is 0 Å². The summed E-state index contributed by atoms with van der Waals surface area (Å²) >= 11 is 3.42. The van der Waals surface area contributed by atoms with Gasteiger partial charge in [-0.05, 0) is 41.2 Å². The number of hydrogen-bond donors (Lipinski definition) is 0. The van der Waals surface area contributed by atoms with Crippen molar-refractivity contribution in [3.8, 4) is 0 Å². The zero-order valence-electron chi connectivity index (χ0n) is 9.32. The summed E-state index contributed by atoms with van der Waals surface area (Å²) in [6, 6.07) is 5.90. The van der Waals surface area contributed by atoms with Crippen molar-refractivity contribution in [2.45, 2.75) is 0 Å². The molecule has 0 bridgehead atoms. The lowest BCUT2D eigenvalue weighted by atomic mass is 10.2. The number of nitrogens with zero attached hydrogens (tertiary/aromatic N) is 2. The number of carbonyl (C=O) groups excluding carboxylic acids is 1. The molecule has 0 saturated carbocycles. The zero-order chi connectivity index (χ0) is 11.5. The number of rotatable bonds is 2. The molecule has 1 saturated heterocycles. The van der Waals surface area contributed by atoms with Crippen molar-refractivity contribution in [2.75, 3.05) is 38.1 Å². The number of benzene rings is 1. The Hall–Kier alpha value is -0.870. The first-order valence-corrected chi connectivity index (χ1v) is 6.18. The summed E-state index contributed by atoms with van der Waals surface area (Å²) in [7, 11) is 2.14. The SMILES string of the molecule is CN1CCN(c2ccc(C=O)c(Br)c2)CC1. The highest BCUT2D eigenvalue weighted by molar-refractivity contribution is 9.10. The van der Waals surface area contributed by atoms with E-state index < -0.39 is 0 Å². The van der Waals surface area contributed by atoms with E-state index >= 15 is 0 Å². The van der Waals surface area contributed by atoms with E-state index in [4.69, 9.17) is 0 Å². The molecule has 0 N–H and O–H groups in total. The number of carbonyl (C=O) groups is 1. The van der Waals surface area contributed by atoms with E-state index in [0.717, 1.165) is 36.9 Å². The molecule has 0 radical (unpaired) electrons. The van der Waals surface area contributed by atoms with E-state index in [2.05, 4.69) is 32.8 Å². The van der Waals surface area contributed by atoms with Gasteiger partial charge in [-0.3, -0.25) is 4.79 Å². The van der Waals surface area contributed by atoms with Crippen LogP contribution in [0.25, 0.3) is 0 Å². The lowest BCUT2D eigenvalue weighted by Gasteiger charge is -2.34. The number of anilines is 1. The topological polar surface area (TPSA) is 23.6 Å². The van der Waals surface area contributed by atoms with Gasteiger partial charge in [0.2, 0.25) is 0 Å². The standard InChI is InChI=1S/C12H15BrN2O/c1-14-4-6-15(7-5-14)11-3-2-10(9-16)12(13)8-11/h2-3,8-9H,4-7H2,1H3. The van der Waals surface area contributed by atoms with Gasteiger partial charge in [-0.25, -0.2) is 0 Å². The molecule has 1 aromatic carbocycles. The number of aldehydes is 1. The minimum absolute atomic E-state index is 0.706. The third kappa shape index (κ3) is 2.44. The van der Waals surface area contributed by atoms with E-state index in [9.17, 15) is 4.79 Å². The fourth-order valence-electron chi connectivity index (χ4n) is 1.87. The van der Waals surface area contributed by atoms with E-state index in [-0.39, 0.29) is 0 Å². The highest BCUT2D eigenvalue weighted by Gasteiger charge is 2.14. The minimum Gasteiger partial charge on any atom is -0.369 e. The van der Waals surface area contributed by atoms with Gasteiger partial charge in [0.15, 0.2) is 6.29 Å². The van der Waals surface area contributed by atoms with E-state index in [1.807, 2.05) is 18.2 Å². The van der Waals surface area contributed by atoms with Crippen molar-refractivity contribution in [2.24, 2.45) is 0 Å². The Balaban J connectivity index is 2.15. The Labute approximate surface area is 104 Å². The van der Waals surface area contributed by atoms with Gasteiger partial charge in [-0.1, -0.05) is 0 Å². The quantitative estimate of drug-likeness (QED) is 0.776. The van der Waals surface area contributed by atoms with Crippen LogP contribution in [0.1, 0.15) is 10.4 Å². The van der Waals surface area contributed by atoms with Gasteiger partial charge in [-0.15, -0.1) is 0 Å². The molecule has 0 spiro atoms. The molecular weight excluding hydrogens is 268 g/mol. The second kappa shape index (κ2) is 4.97. The van der Waals surface area contributed by atoms with Crippen molar-refractivity contribution in [3.63, 3.8) is 0 Å². The Kier molecular flexibility index (Phi) is 3.61. The second-order valence-electron chi connectivity index (χ2n) is 4.11. The maximum absolute atomic E-state index is 10.7.